The molecule has 1 atom stereocenters. The van der Waals surface area contributed by atoms with Crippen LogP contribution in [-0.2, 0) is 24.9 Å². The Morgan fingerprint density at radius 1 is 1.50 bits per heavy atom. The minimum atomic E-state index is 0.376. The molecule has 0 N–H and O–H groups in total. The second-order valence-electron chi connectivity index (χ2n) is 5.29. The maximum atomic E-state index is 5.65. The van der Waals surface area contributed by atoms with Crippen molar-refractivity contribution in [2.24, 2.45) is 7.05 Å². The summed E-state index contributed by atoms with van der Waals surface area (Å²) in [7, 11) is 2.06. The Hall–Kier alpha value is -1.59. The van der Waals surface area contributed by atoms with Crippen molar-refractivity contribution in [1.29, 1.82) is 0 Å². The molecule has 20 heavy (non-hydrogen) atoms. The van der Waals surface area contributed by atoms with Crippen molar-refractivity contribution >= 4 is 0 Å². The van der Waals surface area contributed by atoms with E-state index < -0.39 is 0 Å². The molecule has 0 saturated heterocycles. The number of hydrogen-bond donors (Lipinski definition) is 0. The molecule has 0 saturated carbocycles. The number of fused-ring (bicyclic) bond motifs is 1. The van der Waals surface area contributed by atoms with Gasteiger partial charge in [0.1, 0.15) is 5.76 Å². The molecule has 1 aliphatic rings. The van der Waals surface area contributed by atoms with Crippen LogP contribution < -0.4 is 0 Å². The van der Waals surface area contributed by atoms with Crippen molar-refractivity contribution in [3.8, 4) is 0 Å². The van der Waals surface area contributed by atoms with Gasteiger partial charge in [-0.1, -0.05) is 0 Å². The van der Waals surface area contributed by atoms with Gasteiger partial charge in [-0.2, -0.15) is 0 Å². The SMILES string of the molecule is CCOCC1CN(Cc2ccco2)Cc2ncn(C)c21. The van der Waals surface area contributed by atoms with E-state index in [1.165, 1.54) is 5.69 Å². The first-order chi connectivity index (χ1) is 9.78. The molecule has 0 radical (unpaired) electrons. The molecule has 0 spiro atoms. The Bertz CT molecular complexity index is 547. The number of furan rings is 1. The molecule has 5 heteroatoms. The molecular formula is C15H21N3O2. The highest BCUT2D eigenvalue weighted by atomic mass is 16.5. The zero-order chi connectivity index (χ0) is 13.9. The third kappa shape index (κ3) is 2.64. The lowest BCUT2D eigenvalue weighted by molar-refractivity contribution is 0.0998. The second kappa shape index (κ2) is 5.81. The van der Waals surface area contributed by atoms with Gasteiger partial charge in [0.05, 0.1) is 31.4 Å². The summed E-state index contributed by atoms with van der Waals surface area (Å²) in [6.45, 7) is 6.21. The van der Waals surface area contributed by atoms with Gasteiger partial charge in [-0.25, -0.2) is 4.98 Å². The summed E-state index contributed by atoms with van der Waals surface area (Å²) >= 11 is 0. The number of ether oxygens (including phenoxy) is 1. The van der Waals surface area contributed by atoms with Crippen LogP contribution in [0, 0.1) is 0 Å². The van der Waals surface area contributed by atoms with Crippen LogP contribution in [-0.4, -0.2) is 34.2 Å². The molecule has 0 amide bonds. The summed E-state index contributed by atoms with van der Waals surface area (Å²) in [4.78, 5) is 6.90. The topological polar surface area (TPSA) is 43.4 Å². The Balaban J connectivity index is 1.77. The summed E-state index contributed by atoms with van der Waals surface area (Å²) in [5.41, 5.74) is 2.48. The maximum absolute atomic E-state index is 5.65. The summed E-state index contributed by atoms with van der Waals surface area (Å²) < 4.78 is 13.2. The Labute approximate surface area is 119 Å². The van der Waals surface area contributed by atoms with Crippen molar-refractivity contribution in [1.82, 2.24) is 14.5 Å². The number of nitrogens with zero attached hydrogens (tertiary/aromatic N) is 3. The average molecular weight is 275 g/mol. The van der Waals surface area contributed by atoms with Gasteiger partial charge in [0.15, 0.2) is 0 Å². The van der Waals surface area contributed by atoms with E-state index in [-0.39, 0.29) is 0 Å². The van der Waals surface area contributed by atoms with Crippen LogP contribution in [0.1, 0.15) is 30.0 Å². The molecule has 0 bridgehead atoms. The summed E-state index contributed by atoms with van der Waals surface area (Å²) in [5.74, 6) is 1.38. The average Bonchev–Trinajstić information content (AvgIpc) is 3.07. The van der Waals surface area contributed by atoms with Crippen LogP contribution >= 0.6 is 0 Å². The summed E-state index contributed by atoms with van der Waals surface area (Å²) in [5, 5.41) is 0. The molecule has 1 unspecified atom stereocenters. The first-order valence-electron chi connectivity index (χ1n) is 7.10. The van der Waals surface area contributed by atoms with Crippen LogP contribution in [0.5, 0.6) is 0 Å². The van der Waals surface area contributed by atoms with Crippen molar-refractivity contribution in [2.45, 2.75) is 25.9 Å². The normalized spacial score (nSPS) is 19.2. The van der Waals surface area contributed by atoms with E-state index in [4.69, 9.17) is 9.15 Å². The molecular weight excluding hydrogens is 254 g/mol. The first kappa shape index (κ1) is 13.4. The lowest BCUT2D eigenvalue weighted by atomic mass is 9.99. The molecule has 0 aromatic carbocycles. The van der Waals surface area contributed by atoms with Crippen molar-refractivity contribution in [3.63, 3.8) is 0 Å². The van der Waals surface area contributed by atoms with Crippen molar-refractivity contribution < 1.29 is 9.15 Å². The first-order valence-corrected chi connectivity index (χ1v) is 7.10. The number of aromatic nitrogens is 2. The predicted molar refractivity (Wildman–Crippen MR) is 75.3 cm³/mol. The highest BCUT2D eigenvalue weighted by Gasteiger charge is 2.29. The zero-order valence-corrected chi connectivity index (χ0v) is 12.1. The highest BCUT2D eigenvalue weighted by molar-refractivity contribution is 5.22. The lowest BCUT2D eigenvalue weighted by Gasteiger charge is -2.32. The Kier molecular flexibility index (Phi) is 3.89. The van der Waals surface area contributed by atoms with Crippen LogP contribution in [0.25, 0.3) is 0 Å². The van der Waals surface area contributed by atoms with Gasteiger partial charge in [0.25, 0.3) is 0 Å². The minimum absolute atomic E-state index is 0.376. The van der Waals surface area contributed by atoms with E-state index in [1.807, 2.05) is 25.4 Å². The largest absolute Gasteiger partial charge is 0.468 e. The van der Waals surface area contributed by atoms with Crippen molar-refractivity contribution in [2.75, 3.05) is 19.8 Å². The quantitative estimate of drug-likeness (QED) is 0.838. The fourth-order valence-electron chi connectivity index (χ4n) is 2.94. The number of rotatable bonds is 5. The van der Waals surface area contributed by atoms with Crippen LogP contribution in [0.2, 0.25) is 0 Å². The summed E-state index contributed by atoms with van der Waals surface area (Å²) in [6.07, 6.45) is 3.63. The van der Waals surface area contributed by atoms with Gasteiger partial charge in [0.2, 0.25) is 0 Å². The molecule has 5 nitrogen and oxygen atoms in total. The van der Waals surface area contributed by atoms with Gasteiger partial charge < -0.3 is 13.7 Å². The number of aryl methyl sites for hydroxylation is 1. The smallest absolute Gasteiger partial charge is 0.117 e. The van der Waals surface area contributed by atoms with Crippen LogP contribution in [0.15, 0.2) is 29.1 Å². The number of hydrogen-bond acceptors (Lipinski definition) is 4. The van der Waals surface area contributed by atoms with Gasteiger partial charge >= 0.3 is 0 Å². The highest BCUT2D eigenvalue weighted by Crippen LogP contribution is 2.28. The lowest BCUT2D eigenvalue weighted by Crippen LogP contribution is -2.35. The second-order valence-corrected chi connectivity index (χ2v) is 5.29. The summed E-state index contributed by atoms with van der Waals surface area (Å²) in [6, 6.07) is 3.95. The van der Waals surface area contributed by atoms with E-state index in [0.29, 0.717) is 5.92 Å². The monoisotopic (exact) mass is 275 g/mol. The van der Waals surface area contributed by atoms with E-state index in [1.54, 1.807) is 6.26 Å². The fourth-order valence-corrected chi connectivity index (χ4v) is 2.94. The Morgan fingerprint density at radius 3 is 3.15 bits per heavy atom. The minimum Gasteiger partial charge on any atom is -0.468 e. The Morgan fingerprint density at radius 2 is 2.40 bits per heavy atom. The fraction of sp³-hybridized carbons (Fsp3) is 0.533. The third-order valence-corrected chi connectivity index (χ3v) is 3.78. The van der Waals surface area contributed by atoms with Gasteiger partial charge in [-0.3, -0.25) is 4.90 Å². The standard InChI is InChI=1S/C15H21N3O2/c1-3-19-10-12-7-18(8-13-5-4-6-20-13)9-14-15(12)17(2)11-16-14/h4-6,11-12H,3,7-10H2,1-2H3. The van der Waals surface area contributed by atoms with E-state index in [0.717, 1.165) is 44.3 Å². The molecule has 0 fully saturated rings. The molecule has 1 aliphatic heterocycles. The molecule has 108 valence electrons. The molecule has 3 heterocycles. The zero-order valence-electron chi connectivity index (χ0n) is 12.1. The van der Waals surface area contributed by atoms with E-state index in [9.17, 15) is 0 Å². The molecule has 3 rings (SSSR count). The predicted octanol–water partition coefficient (Wildman–Crippen LogP) is 2.15. The van der Waals surface area contributed by atoms with Crippen LogP contribution in [0.3, 0.4) is 0 Å². The molecule has 2 aromatic heterocycles. The maximum Gasteiger partial charge on any atom is 0.117 e. The third-order valence-electron chi connectivity index (χ3n) is 3.78. The van der Waals surface area contributed by atoms with Gasteiger partial charge in [-0.15, -0.1) is 0 Å². The van der Waals surface area contributed by atoms with Crippen LogP contribution in [0.4, 0.5) is 0 Å². The van der Waals surface area contributed by atoms with Gasteiger partial charge in [0, 0.05) is 38.4 Å². The molecule has 2 aromatic rings. The molecule has 0 aliphatic carbocycles. The van der Waals surface area contributed by atoms with E-state index in [2.05, 4.69) is 21.5 Å². The number of imidazole rings is 1. The van der Waals surface area contributed by atoms with Gasteiger partial charge in [-0.05, 0) is 19.1 Å². The van der Waals surface area contributed by atoms with Crippen molar-refractivity contribution in [3.05, 3.63) is 41.9 Å². The van der Waals surface area contributed by atoms with E-state index >= 15 is 0 Å².